The van der Waals surface area contributed by atoms with Gasteiger partial charge in [0, 0.05) is 4.90 Å². The summed E-state index contributed by atoms with van der Waals surface area (Å²) in [4.78, 5) is 24.7. The fourth-order valence-electron chi connectivity index (χ4n) is 1.98. The Bertz CT molecular complexity index is 762. The average Bonchev–Trinajstić information content (AvgIpc) is 2.57. The summed E-state index contributed by atoms with van der Waals surface area (Å²) in [6.07, 6.45) is -1.18. The number of nitrogens with one attached hydrogen (secondary N) is 1. The average molecular weight is 365 g/mol. The summed E-state index contributed by atoms with van der Waals surface area (Å²) in [5, 5.41) is 2.09. The molecule has 0 bridgehead atoms. The summed E-state index contributed by atoms with van der Waals surface area (Å²) in [7, 11) is 0. The Balaban J connectivity index is 1.88. The van der Waals surface area contributed by atoms with Crippen molar-refractivity contribution in [3.63, 3.8) is 0 Å². The molecule has 0 aliphatic heterocycles. The van der Waals surface area contributed by atoms with Crippen LogP contribution in [0.4, 0.5) is 14.5 Å². The van der Waals surface area contributed by atoms with Crippen LogP contribution in [0.5, 0.6) is 0 Å². The highest BCUT2D eigenvalue weighted by atomic mass is 32.2. The van der Waals surface area contributed by atoms with Gasteiger partial charge in [-0.2, -0.15) is 0 Å². The number of anilines is 1. The molecule has 1 amide bonds. The molecule has 0 saturated heterocycles. The minimum Gasteiger partial charge on any atom is -0.452 e. The third kappa shape index (κ3) is 5.29. The van der Waals surface area contributed by atoms with Crippen LogP contribution in [-0.4, -0.2) is 23.7 Å². The number of ether oxygens (including phenoxy) is 1. The molecule has 0 aromatic heterocycles. The van der Waals surface area contributed by atoms with Gasteiger partial charge in [0.15, 0.2) is 6.10 Å². The molecule has 0 heterocycles. The summed E-state index contributed by atoms with van der Waals surface area (Å²) < 4.78 is 32.0. The lowest BCUT2D eigenvalue weighted by Gasteiger charge is -2.14. The van der Waals surface area contributed by atoms with E-state index in [1.807, 2.05) is 31.2 Å². The molecule has 0 unspecified atom stereocenters. The first-order valence-electron chi connectivity index (χ1n) is 7.51. The predicted molar refractivity (Wildman–Crippen MR) is 92.4 cm³/mol. The minimum atomic E-state index is -1.18. The van der Waals surface area contributed by atoms with Gasteiger partial charge < -0.3 is 10.1 Å². The van der Waals surface area contributed by atoms with E-state index in [2.05, 4.69) is 5.32 Å². The van der Waals surface area contributed by atoms with E-state index in [0.717, 1.165) is 22.6 Å². The van der Waals surface area contributed by atoms with Gasteiger partial charge in [0.25, 0.3) is 5.91 Å². The first-order valence-corrected chi connectivity index (χ1v) is 8.50. The van der Waals surface area contributed by atoms with Crippen molar-refractivity contribution in [2.45, 2.75) is 24.8 Å². The van der Waals surface area contributed by atoms with Crippen molar-refractivity contribution in [3.8, 4) is 0 Å². The molecule has 7 heteroatoms. The minimum absolute atomic E-state index is 0.0243. The first-order chi connectivity index (χ1) is 11.9. The van der Waals surface area contributed by atoms with Gasteiger partial charge in [-0.3, -0.25) is 9.59 Å². The number of carbonyl (C=O) groups excluding carboxylic acids is 2. The number of hydrogen-bond acceptors (Lipinski definition) is 4. The quantitative estimate of drug-likeness (QED) is 0.622. The van der Waals surface area contributed by atoms with Crippen LogP contribution in [0, 0.1) is 18.6 Å². The molecule has 1 N–H and O–H groups in total. The summed E-state index contributed by atoms with van der Waals surface area (Å²) in [5.41, 5.74) is 0.464. The van der Waals surface area contributed by atoms with Crippen molar-refractivity contribution in [2.75, 3.05) is 11.1 Å². The second-order valence-electron chi connectivity index (χ2n) is 5.27. The molecule has 0 aliphatic carbocycles. The maximum absolute atomic E-state index is 13.5. The van der Waals surface area contributed by atoms with Gasteiger partial charge in [0.05, 0.1) is 5.75 Å². The zero-order chi connectivity index (χ0) is 18.4. The van der Waals surface area contributed by atoms with Crippen LogP contribution < -0.4 is 5.32 Å². The number of aryl methyl sites for hydroxylation is 1. The molecule has 2 aromatic rings. The van der Waals surface area contributed by atoms with Gasteiger partial charge in [0.2, 0.25) is 0 Å². The fourth-order valence-corrected chi connectivity index (χ4v) is 2.79. The van der Waals surface area contributed by atoms with E-state index in [1.54, 1.807) is 0 Å². The number of halogens is 2. The molecular formula is C18H17F2NO3S. The van der Waals surface area contributed by atoms with Crippen molar-refractivity contribution in [1.82, 2.24) is 0 Å². The largest absolute Gasteiger partial charge is 0.452 e. The van der Waals surface area contributed by atoms with Crippen LogP contribution in [0.25, 0.3) is 0 Å². The third-order valence-electron chi connectivity index (χ3n) is 3.33. The van der Waals surface area contributed by atoms with E-state index in [9.17, 15) is 18.4 Å². The zero-order valence-corrected chi connectivity index (χ0v) is 14.5. The lowest BCUT2D eigenvalue weighted by molar-refractivity contribution is -0.150. The Morgan fingerprint density at radius 2 is 1.76 bits per heavy atom. The smallest absolute Gasteiger partial charge is 0.317 e. The Labute approximate surface area is 148 Å². The van der Waals surface area contributed by atoms with E-state index in [4.69, 9.17) is 4.74 Å². The standard InChI is InChI=1S/C18H17F2NO3S/c1-11-6-3-4-9-15(11)25-10-16(22)24-12(2)18(23)21-17-13(19)7-5-8-14(17)20/h3-9,12H,10H2,1-2H3,(H,21,23)/t12-/m1/s1. The molecule has 2 rings (SSSR count). The predicted octanol–water partition coefficient (Wildman–Crippen LogP) is 3.94. The van der Waals surface area contributed by atoms with Gasteiger partial charge in [-0.1, -0.05) is 24.3 Å². The molecule has 0 spiro atoms. The van der Waals surface area contributed by atoms with Gasteiger partial charge in [-0.25, -0.2) is 8.78 Å². The molecule has 0 fully saturated rings. The number of para-hydroxylation sites is 1. The number of carbonyl (C=O) groups is 2. The van der Waals surface area contributed by atoms with Crippen LogP contribution in [0.1, 0.15) is 12.5 Å². The van der Waals surface area contributed by atoms with Crippen LogP contribution >= 0.6 is 11.8 Å². The Kier molecular flexibility index (Phi) is 6.52. The molecule has 2 aromatic carbocycles. The Morgan fingerprint density at radius 1 is 1.12 bits per heavy atom. The number of hydrogen-bond donors (Lipinski definition) is 1. The van der Waals surface area contributed by atoms with Gasteiger partial charge >= 0.3 is 5.97 Å². The highest BCUT2D eigenvalue weighted by molar-refractivity contribution is 8.00. The van der Waals surface area contributed by atoms with Crippen molar-refractivity contribution in [2.24, 2.45) is 0 Å². The summed E-state index contributed by atoms with van der Waals surface area (Å²) in [6.45, 7) is 3.26. The molecular weight excluding hydrogens is 348 g/mol. The number of esters is 1. The lowest BCUT2D eigenvalue weighted by atomic mass is 10.2. The van der Waals surface area contributed by atoms with Gasteiger partial charge in [-0.15, -0.1) is 11.8 Å². The normalized spacial score (nSPS) is 11.7. The second kappa shape index (κ2) is 8.62. The summed E-state index contributed by atoms with van der Waals surface area (Å²) >= 11 is 1.29. The van der Waals surface area contributed by atoms with Crippen molar-refractivity contribution in [1.29, 1.82) is 0 Å². The van der Waals surface area contributed by atoms with Crippen molar-refractivity contribution in [3.05, 3.63) is 59.7 Å². The van der Waals surface area contributed by atoms with E-state index in [0.29, 0.717) is 0 Å². The van der Waals surface area contributed by atoms with Crippen LogP contribution in [0.3, 0.4) is 0 Å². The molecule has 1 atom stereocenters. The second-order valence-corrected chi connectivity index (χ2v) is 6.29. The van der Waals surface area contributed by atoms with Crippen molar-refractivity contribution < 1.29 is 23.1 Å². The molecule has 4 nitrogen and oxygen atoms in total. The monoisotopic (exact) mass is 365 g/mol. The van der Waals surface area contributed by atoms with E-state index < -0.39 is 35.3 Å². The SMILES string of the molecule is Cc1ccccc1SCC(=O)O[C@H](C)C(=O)Nc1c(F)cccc1F. The van der Waals surface area contributed by atoms with E-state index in [-0.39, 0.29) is 5.75 Å². The summed E-state index contributed by atoms with van der Waals surface area (Å²) in [5.74, 6) is -3.18. The first kappa shape index (κ1) is 18.9. The summed E-state index contributed by atoms with van der Waals surface area (Å²) in [6, 6.07) is 10.8. The Hall–Kier alpha value is -2.41. The van der Waals surface area contributed by atoms with E-state index in [1.165, 1.54) is 24.8 Å². The molecule has 0 radical (unpaired) electrons. The van der Waals surface area contributed by atoms with Gasteiger partial charge in [0.1, 0.15) is 17.3 Å². The molecule has 132 valence electrons. The molecule has 0 aliphatic rings. The van der Waals surface area contributed by atoms with Crippen LogP contribution in [0.2, 0.25) is 0 Å². The van der Waals surface area contributed by atoms with Gasteiger partial charge in [-0.05, 0) is 37.6 Å². The number of amides is 1. The number of rotatable bonds is 6. The molecule has 0 saturated carbocycles. The maximum Gasteiger partial charge on any atom is 0.317 e. The maximum atomic E-state index is 13.5. The zero-order valence-electron chi connectivity index (χ0n) is 13.7. The molecule has 25 heavy (non-hydrogen) atoms. The third-order valence-corrected chi connectivity index (χ3v) is 4.48. The number of thioether (sulfide) groups is 1. The van der Waals surface area contributed by atoms with E-state index >= 15 is 0 Å². The number of benzene rings is 2. The van der Waals surface area contributed by atoms with Crippen molar-refractivity contribution >= 4 is 29.3 Å². The van der Waals surface area contributed by atoms with Crippen LogP contribution in [-0.2, 0) is 14.3 Å². The Morgan fingerprint density at radius 3 is 2.40 bits per heavy atom. The topological polar surface area (TPSA) is 55.4 Å². The van der Waals surface area contributed by atoms with Crippen LogP contribution in [0.15, 0.2) is 47.4 Å². The highest BCUT2D eigenvalue weighted by Gasteiger charge is 2.20. The lowest BCUT2D eigenvalue weighted by Crippen LogP contribution is -2.31. The highest BCUT2D eigenvalue weighted by Crippen LogP contribution is 2.22. The fraction of sp³-hybridized carbons (Fsp3) is 0.222.